The summed E-state index contributed by atoms with van der Waals surface area (Å²) in [6, 6.07) is 6.40. The molecule has 0 N–H and O–H groups in total. The molecule has 5 nitrogen and oxygen atoms in total. The van der Waals surface area contributed by atoms with E-state index in [2.05, 4.69) is 11.9 Å². The first-order chi connectivity index (χ1) is 12.5. The Bertz CT molecular complexity index is 598. The minimum absolute atomic E-state index is 0.0849. The predicted octanol–water partition coefficient (Wildman–Crippen LogP) is 2.69. The highest BCUT2D eigenvalue weighted by molar-refractivity contribution is 5.81. The van der Waals surface area contributed by atoms with E-state index in [1.54, 1.807) is 25.1 Å². The van der Waals surface area contributed by atoms with Gasteiger partial charge in [0.2, 0.25) is 0 Å². The molecule has 2 heterocycles. The molecular formula is C20H29FN2O3. The number of carbonyl (C=O) groups is 1. The molecule has 1 aromatic rings. The average Bonchev–Trinajstić information content (AvgIpc) is 3.15. The maximum Gasteiger partial charge on any atom is 0.263 e. The van der Waals surface area contributed by atoms with Crippen molar-refractivity contribution < 1.29 is 18.7 Å². The summed E-state index contributed by atoms with van der Waals surface area (Å²) >= 11 is 0. The molecule has 2 aliphatic heterocycles. The number of hydrogen-bond acceptors (Lipinski definition) is 4. The lowest BCUT2D eigenvalue weighted by Crippen LogP contribution is -2.52. The van der Waals surface area contributed by atoms with Crippen LogP contribution in [0, 0.1) is 5.82 Å². The van der Waals surface area contributed by atoms with Crippen LogP contribution >= 0.6 is 0 Å². The maximum absolute atomic E-state index is 13.9. The molecule has 26 heavy (non-hydrogen) atoms. The molecule has 1 aromatic carbocycles. The molecule has 0 unspecified atom stereocenters. The number of benzene rings is 1. The average molecular weight is 364 g/mol. The van der Waals surface area contributed by atoms with Crippen molar-refractivity contribution in [1.29, 1.82) is 0 Å². The number of amides is 1. The molecule has 144 valence electrons. The van der Waals surface area contributed by atoms with Crippen molar-refractivity contribution in [3.8, 4) is 5.75 Å². The van der Waals surface area contributed by atoms with Gasteiger partial charge in [0.1, 0.15) is 0 Å². The van der Waals surface area contributed by atoms with Crippen LogP contribution in [-0.4, -0.2) is 67.2 Å². The smallest absolute Gasteiger partial charge is 0.263 e. The zero-order valence-electron chi connectivity index (χ0n) is 15.7. The number of carbonyl (C=O) groups excluding carboxylic acids is 1. The molecule has 0 aliphatic carbocycles. The summed E-state index contributed by atoms with van der Waals surface area (Å²) < 4.78 is 25.3. The van der Waals surface area contributed by atoms with Crippen LogP contribution in [0.25, 0.3) is 0 Å². The Labute approximate surface area is 155 Å². The summed E-state index contributed by atoms with van der Waals surface area (Å²) in [5.41, 5.74) is 0. The fourth-order valence-electron chi connectivity index (χ4n) is 3.75. The van der Waals surface area contributed by atoms with Crippen molar-refractivity contribution >= 4 is 5.91 Å². The number of ether oxygens (including phenoxy) is 2. The van der Waals surface area contributed by atoms with Gasteiger partial charge in [-0.25, -0.2) is 4.39 Å². The van der Waals surface area contributed by atoms with Gasteiger partial charge in [-0.2, -0.15) is 0 Å². The first-order valence-electron chi connectivity index (χ1n) is 9.56. The zero-order chi connectivity index (χ0) is 18.5. The van der Waals surface area contributed by atoms with Crippen molar-refractivity contribution in [3.63, 3.8) is 0 Å². The third-order valence-corrected chi connectivity index (χ3v) is 5.32. The van der Waals surface area contributed by atoms with E-state index < -0.39 is 11.9 Å². The van der Waals surface area contributed by atoms with Gasteiger partial charge in [-0.1, -0.05) is 12.1 Å². The molecule has 0 saturated carbocycles. The summed E-state index contributed by atoms with van der Waals surface area (Å²) in [5, 5.41) is 0. The van der Waals surface area contributed by atoms with Crippen LogP contribution in [-0.2, 0) is 9.53 Å². The Kier molecular flexibility index (Phi) is 6.48. The van der Waals surface area contributed by atoms with Crippen molar-refractivity contribution in [2.45, 2.75) is 50.9 Å². The van der Waals surface area contributed by atoms with E-state index in [0.717, 1.165) is 45.4 Å². The molecule has 0 radical (unpaired) electrons. The second kappa shape index (κ2) is 8.82. The number of nitrogens with zero attached hydrogens (tertiary/aromatic N) is 2. The van der Waals surface area contributed by atoms with Crippen LogP contribution in [0.15, 0.2) is 24.3 Å². The lowest BCUT2D eigenvalue weighted by molar-refractivity contribution is -0.143. The Morgan fingerprint density at radius 1 is 1.35 bits per heavy atom. The van der Waals surface area contributed by atoms with E-state index in [1.807, 2.05) is 4.90 Å². The van der Waals surface area contributed by atoms with Crippen LogP contribution in [0.3, 0.4) is 0 Å². The van der Waals surface area contributed by atoms with Gasteiger partial charge in [0.25, 0.3) is 5.91 Å². The fourth-order valence-corrected chi connectivity index (χ4v) is 3.75. The highest BCUT2D eigenvalue weighted by Crippen LogP contribution is 2.23. The summed E-state index contributed by atoms with van der Waals surface area (Å²) in [6.45, 7) is 5.01. The van der Waals surface area contributed by atoms with Gasteiger partial charge in [-0.3, -0.25) is 4.79 Å². The normalized spacial score (nSPS) is 23.0. The maximum atomic E-state index is 13.9. The Morgan fingerprint density at radius 3 is 2.73 bits per heavy atom. The van der Waals surface area contributed by atoms with Crippen LogP contribution in [0.2, 0.25) is 0 Å². The highest BCUT2D eigenvalue weighted by Gasteiger charge is 2.33. The van der Waals surface area contributed by atoms with Gasteiger partial charge in [0.05, 0.1) is 6.10 Å². The molecule has 0 spiro atoms. The molecule has 0 bridgehead atoms. The van der Waals surface area contributed by atoms with Gasteiger partial charge >= 0.3 is 0 Å². The van der Waals surface area contributed by atoms with Crippen molar-refractivity contribution in [3.05, 3.63) is 30.1 Å². The van der Waals surface area contributed by atoms with Gasteiger partial charge in [-0.15, -0.1) is 0 Å². The monoisotopic (exact) mass is 364 g/mol. The molecule has 2 atom stereocenters. The minimum atomic E-state index is -0.729. The zero-order valence-corrected chi connectivity index (χ0v) is 15.7. The molecule has 1 amide bonds. The number of halogens is 1. The van der Waals surface area contributed by atoms with Gasteiger partial charge in [0, 0.05) is 19.2 Å². The number of rotatable bonds is 6. The quantitative estimate of drug-likeness (QED) is 0.778. The summed E-state index contributed by atoms with van der Waals surface area (Å²) in [4.78, 5) is 17.3. The lowest BCUT2D eigenvalue weighted by atomic mass is 10.0. The van der Waals surface area contributed by atoms with Crippen molar-refractivity contribution in [1.82, 2.24) is 9.80 Å². The Morgan fingerprint density at radius 2 is 2.08 bits per heavy atom. The Balaban J connectivity index is 1.69. The third-order valence-electron chi connectivity index (χ3n) is 5.32. The summed E-state index contributed by atoms with van der Waals surface area (Å²) in [6.07, 6.45) is 3.29. The van der Waals surface area contributed by atoms with Gasteiger partial charge < -0.3 is 19.3 Å². The first kappa shape index (κ1) is 19.1. The van der Waals surface area contributed by atoms with E-state index in [4.69, 9.17) is 9.47 Å². The summed E-state index contributed by atoms with van der Waals surface area (Å²) in [7, 11) is 2.10. The molecule has 2 saturated heterocycles. The molecule has 2 fully saturated rings. The van der Waals surface area contributed by atoms with Crippen LogP contribution in [0.1, 0.15) is 32.6 Å². The summed E-state index contributed by atoms with van der Waals surface area (Å²) in [5.74, 6) is -0.413. The molecule has 0 aromatic heterocycles. The first-order valence-corrected chi connectivity index (χ1v) is 9.56. The third kappa shape index (κ3) is 4.74. The van der Waals surface area contributed by atoms with Gasteiger partial charge in [0.15, 0.2) is 17.7 Å². The fraction of sp³-hybridized carbons (Fsp3) is 0.650. The molecule has 2 aliphatic rings. The number of piperidine rings is 1. The van der Waals surface area contributed by atoms with Crippen molar-refractivity contribution in [2.24, 2.45) is 0 Å². The van der Waals surface area contributed by atoms with E-state index in [-0.39, 0.29) is 23.8 Å². The van der Waals surface area contributed by atoms with E-state index >= 15 is 0 Å². The minimum Gasteiger partial charge on any atom is -0.478 e. The number of para-hydroxylation sites is 1. The molecule has 6 heteroatoms. The second-order valence-electron chi connectivity index (χ2n) is 7.35. The largest absolute Gasteiger partial charge is 0.478 e. The topological polar surface area (TPSA) is 42.0 Å². The molecule has 3 rings (SSSR count). The lowest BCUT2D eigenvalue weighted by Gasteiger charge is -2.39. The van der Waals surface area contributed by atoms with E-state index in [0.29, 0.717) is 6.54 Å². The molecular weight excluding hydrogens is 335 g/mol. The standard InChI is InChI=1S/C20H29FN2O3/c1-15(26-19-8-4-3-7-18(19)21)20(24)23(14-17-6-5-13-25-17)16-9-11-22(2)12-10-16/h3-4,7-8,15-17H,5-6,9-14H2,1-2H3/t15-,17+/m1/s1. The predicted molar refractivity (Wildman–Crippen MR) is 97.7 cm³/mol. The van der Waals surface area contributed by atoms with Crippen LogP contribution in [0.4, 0.5) is 4.39 Å². The van der Waals surface area contributed by atoms with Crippen LogP contribution in [0.5, 0.6) is 5.75 Å². The van der Waals surface area contributed by atoms with Crippen molar-refractivity contribution in [2.75, 3.05) is 33.3 Å². The number of hydrogen-bond donors (Lipinski definition) is 0. The Hall–Kier alpha value is -1.66. The second-order valence-corrected chi connectivity index (χ2v) is 7.35. The van der Waals surface area contributed by atoms with Crippen LogP contribution < -0.4 is 4.74 Å². The SMILES string of the molecule is C[C@@H](Oc1ccccc1F)C(=O)N(C[C@@H]1CCCO1)C1CCN(C)CC1. The number of likely N-dealkylation sites (tertiary alicyclic amines) is 1. The highest BCUT2D eigenvalue weighted by atomic mass is 19.1. The van der Waals surface area contributed by atoms with Gasteiger partial charge in [-0.05, 0) is 64.9 Å². The van der Waals surface area contributed by atoms with E-state index in [9.17, 15) is 9.18 Å². The van der Waals surface area contributed by atoms with E-state index in [1.165, 1.54) is 6.07 Å².